The van der Waals surface area contributed by atoms with Crippen LogP contribution in [0.3, 0.4) is 0 Å². The summed E-state index contributed by atoms with van der Waals surface area (Å²) < 4.78 is 5.14. The summed E-state index contributed by atoms with van der Waals surface area (Å²) in [4.78, 5) is 38.5. The van der Waals surface area contributed by atoms with Gasteiger partial charge in [-0.25, -0.2) is 0 Å². The van der Waals surface area contributed by atoms with Crippen molar-refractivity contribution in [2.45, 2.75) is 12.8 Å². The zero-order valence-corrected chi connectivity index (χ0v) is 15.1. The third-order valence-electron chi connectivity index (χ3n) is 4.68. The molecular formula is C21H21NO5. The van der Waals surface area contributed by atoms with E-state index in [2.05, 4.69) is 0 Å². The second-order valence-electron chi connectivity index (χ2n) is 6.49. The molecule has 1 amide bonds. The molecule has 0 fully saturated rings. The number of fused-ring (bicyclic) bond motifs is 1. The van der Waals surface area contributed by atoms with Crippen LogP contribution in [-0.2, 0) is 17.6 Å². The molecule has 6 heteroatoms. The van der Waals surface area contributed by atoms with E-state index < -0.39 is 12.4 Å². The predicted molar refractivity (Wildman–Crippen MR) is 99.2 cm³/mol. The summed E-state index contributed by atoms with van der Waals surface area (Å²) in [6, 6.07) is 12.2. The Hall–Kier alpha value is -2.99. The number of ether oxygens (including phenoxy) is 1. The number of rotatable bonds is 6. The predicted octanol–water partition coefficient (Wildman–Crippen LogP) is 1.68. The van der Waals surface area contributed by atoms with Crippen LogP contribution in [0.4, 0.5) is 0 Å². The summed E-state index contributed by atoms with van der Waals surface area (Å²) in [5, 5.41) is 9.05. The van der Waals surface area contributed by atoms with Gasteiger partial charge in [0, 0.05) is 24.1 Å². The van der Waals surface area contributed by atoms with Crippen LogP contribution >= 0.6 is 0 Å². The van der Waals surface area contributed by atoms with Crippen molar-refractivity contribution in [2.24, 2.45) is 0 Å². The highest BCUT2D eigenvalue weighted by atomic mass is 16.5. The van der Waals surface area contributed by atoms with Gasteiger partial charge in [0.05, 0.1) is 13.7 Å². The summed E-state index contributed by atoms with van der Waals surface area (Å²) in [5.74, 6) is -0.00393. The maximum Gasteiger partial charge on any atom is 0.254 e. The molecule has 0 unspecified atom stereocenters. The average molecular weight is 367 g/mol. The van der Waals surface area contributed by atoms with Crippen molar-refractivity contribution in [3.05, 3.63) is 64.7 Å². The topological polar surface area (TPSA) is 83.9 Å². The molecule has 2 aromatic rings. The molecule has 1 N–H and O–H groups in total. The van der Waals surface area contributed by atoms with E-state index in [1.807, 2.05) is 24.3 Å². The summed E-state index contributed by atoms with van der Waals surface area (Å²) >= 11 is 0. The van der Waals surface area contributed by atoms with Crippen LogP contribution in [0, 0.1) is 0 Å². The zero-order chi connectivity index (χ0) is 19.4. The molecule has 1 aliphatic rings. The normalized spacial score (nSPS) is 13.9. The van der Waals surface area contributed by atoms with Gasteiger partial charge in [0.15, 0.2) is 11.6 Å². The minimum atomic E-state index is -0.618. The monoisotopic (exact) mass is 367 g/mol. The molecule has 6 nitrogen and oxygen atoms in total. The molecular weight excluding hydrogens is 346 g/mol. The van der Waals surface area contributed by atoms with E-state index in [0.29, 0.717) is 24.1 Å². The zero-order valence-electron chi connectivity index (χ0n) is 15.1. The van der Waals surface area contributed by atoms with Crippen molar-refractivity contribution in [2.75, 3.05) is 26.8 Å². The Morgan fingerprint density at radius 2 is 1.89 bits per heavy atom. The van der Waals surface area contributed by atoms with Crippen molar-refractivity contribution in [1.82, 2.24) is 4.90 Å². The van der Waals surface area contributed by atoms with Gasteiger partial charge >= 0.3 is 0 Å². The van der Waals surface area contributed by atoms with Gasteiger partial charge in [-0.05, 0) is 35.7 Å². The van der Waals surface area contributed by atoms with E-state index >= 15 is 0 Å². The summed E-state index contributed by atoms with van der Waals surface area (Å²) in [6.07, 6.45) is 0.765. The number of Topliss-reactive ketones (excluding diaryl/α,β-unsaturated/α-hetero) is 2. The number of hydrogen-bond donors (Lipinski definition) is 1. The molecule has 0 bridgehead atoms. The molecule has 0 spiro atoms. The first-order valence-electron chi connectivity index (χ1n) is 8.72. The standard InChI is InChI=1S/C21H21NO5/c1-27-18-6-2-14(3-7-18)8-9-22-12-17(24)10-15-4-5-16(20(25)13-23)11-19(15)21(22)26/h2-7,11,23H,8-10,12-13H2,1H3. The van der Waals surface area contributed by atoms with Gasteiger partial charge in [-0.15, -0.1) is 0 Å². The fourth-order valence-corrected chi connectivity index (χ4v) is 3.15. The molecule has 0 aromatic heterocycles. The maximum absolute atomic E-state index is 12.9. The molecule has 0 radical (unpaired) electrons. The average Bonchev–Trinajstić information content (AvgIpc) is 2.81. The number of nitrogens with zero attached hydrogens (tertiary/aromatic N) is 1. The van der Waals surface area contributed by atoms with Crippen LogP contribution in [0.25, 0.3) is 0 Å². The lowest BCUT2D eigenvalue weighted by molar-refractivity contribution is -0.118. The van der Waals surface area contributed by atoms with Crippen LogP contribution in [0.5, 0.6) is 5.75 Å². The summed E-state index contributed by atoms with van der Waals surface area (Å²) in [7, 11) is 1.60. The molecule has 2 aromatic carbocycles. The first-order chi connectivity index (χ1) is 13.0. The van der Waals surface area contributed by atoms with E-state index in [1.165, 1.54) is 11.0 Å². The Balaban J connectivity index is 1.81. The Morgan fingerprint density at radius 3 is 2.56 bits per heavy atom. The minimum absolute atomic E-state index is 0.0435. The van der Waals surface area contributed by atoms with Gasteiger partial charge in [0.25, 0.3) is 5.91 Å². The number of carbonyl (C=O) groups excluding carboxylic acids is 3. The van der Waals surface area contributed by atoms with Gasteiger partial charge in [-0.1, -0.05) is 24.3 Å². The first kappa shape index (κ1) is 18.8. The van der Waals surface area contributed by atoms with E-state index in [4.69, 9.17) is 9.84 Å². The van der Waals surface area contributed by atoms with Gasteiger partial charge in [0.1, 0.15) is 12.4 Å². The number of benzene rings is 2. The van der Waals surface area contributed by atoms with Crippen molar-refractivity contribution in [1.29, 1.82) is 0 Å². The summed E-state index contributed by atoms with van der Waals surface area (Å²) in [6.45, 7) is -0.172. The number of aliphatic hydroxyl groups excluding tert-OH is 1. The van der Waals surface area contributed by atoms with Gasteiger partial charge < -0.3 is 14.7 Å². The number of hydrogen-bond acceptors (Lipinski definition) is 5. The fraction of sp³-hybridized carbons (Fsp3) is 0.286. The molecule has 3 rings (SSSR count). The SMILES string of the molecule is COc1ccc(CCN2CC(=O)Cc3ccc(C(=O)CO)cc3C2=O)cc1. The second kappa shape index (κ2) is 8.14. The highest BCUT2D eigenvalue weighted by Crippen LogP contribution is 2.20. The van der Waals surface area contributed by atoms with Crippen LogP contribution in [-0.4, -0.2) is 54.3 Å². The van der Waals surface area contributed by atoms with Gasteiger partial charge in [-0.2, -0.15) is 0 Å². The highest BCUT2D eigenvalue weighted by molar-refractivity contribution is 6.05. The summed E-state index contributed by atoms with van der Waals surface area (Å²) in [5.41, 5.74) is 2.28. The van der Waals surface area contributed by atoms with Gasteiger partial charge in [0.2, 0.25) is 0 Å². The molecule has 27 heavy (non-hydrogen) atoms. The smallest absolute Gasteiger partial charge is 0.254 e. The van der Waals surface area contributed by atoms with E-state index in [1.54, 1.807) is 19.2 Å². The Labute approximate surface area is 157 Å². The van der Waals surface area contributed by atoms with E-state index in [-0.39, 0.29) is 30.2 Å². The van der Waals surface area contributed by atoms with Gasteiger partial charge in [-0.3, -0.25) is 14.4 Å². The first-order valence-corrected chi connectivity index (χ1v) is 8.72. The number of aliphatic hydroxyl groups is 1. The fourth-order valence-electron chi connectivity index (χ4n) is 3.15. The van der Waals surface area contributed by atoms with Crippen molar-refractivity contribution >= 4 is 17.5 Å². The third-order valence-corrected chi connectivity index (χ3v) is 4.68. The molecule has 0 saturated heterocycles. The third kappa shape index (κ3) is 4.23. The van der Waals surface area contributed by atoms with E-state index in [0.717, 1.165) is 11.3 Å². The molecule has 0 saturated carbocycles. The van der Waals surface area contributed by atoms with Crippen LogP contribution in [0.15, 0.2) is 42.5 Å². The van der Waals surface area contributed by atoms with E-state index in [9.17, 15) is 14.4 Å². The van der Waals surface area contributed by atoms with Crippen molar-refractivity contribution in [3.8, 4) is 5.75 Å². The number of ketones is 2. The molecule has 0 atom stereocenters. The van der Waals surface area contributed by atoms with Crippen LogP contribution in [0.1, 0.15) is 31.8 Å². The Morgan fingerprint density at radius 1 is 1.15 bits per heavy atom. The lowest BCUT2D eigenvalue weighted by atomic mass is 9.99. The molecule has 0 aliphatic carbocycles. The molecule has 1 heterocycles. The minimum Gasteiger partial charge on any atom is -0.497 e. The largest absolute Gasteiger partial charge is 0.497 e. The van der Waals surface area contributed by atoms with Crippen molar-refractivity contribution < 1.29 is 24.2 Å². The van der Waals surface area contributed by atoms with Crippen LogP contribution < -0.4 is 4.74 Å². The lowest BCUT2D eigenvalue weighted by Crippen LogP contribution is -2.35. The lowest BCUT2D eigenvalue weighted by Gasteiger charge is -2.20. The molecule has 1 aliphatic heterocycles. The Bertz CT molecular complexity index is 873. The number of carbonyl (C=O) groups is 3. The quantitative estimate of drug-likeness (QED) is 0.786. The number of amides is 1. The molecule has 140 valence electrons. The second-order valence-corrected chi connectivity index (χ2v) is 6.49. The highest BCUT2D eigenvalue weighted by Gasteiger charge is 2.27. The Kier molecular flexibility index (Phi) is 5.66. The van der Waals surface area contributed by atoms with Crippen molar-refractivity contribution in [3.63, 3.8) is 0 Å². The number of methoxy groups -OCH3 is 1. The maximum atomic E-state index is 12.9. The van der Waals surface area contributed by atoms with Crippen LogP contribution in [0.2, 0.25) is 0 Å².